The SMILES string of the molecule is CN(C)CCOc1ccccc1-c1nc(-c2cccc(Br)c2)no1. The van der Waals surface area contributed by atoms with Gasteiger partial charge in [-0.3, -0.25) is 0 Å². The van der Waals surface area contributed by atoms with E-state index in [0.29, 0.717) is 18.3 Å². The highest BCUT2D eigenvalue weighted by atomic mass is 79.9. The molecule has 0 aliphatic carbocycles. The molecule has 0 radical (unpaired) electrons. The minimum Gasteiger partial charge on any atom is -0.491 e. The van der Waals surface area contributed by atoms with Crippen LogP contribution in [-0.2, 0) is 0 Å². The van der Waals surface area contributed by atoms with Gasteiger partial charge >= 0.3 is 0 Å². The number of likely N-dealkylation sites (N-methyl/N-ethyl adjacent to an activating group) is 1. The lowest BCUT2D eigenvalue weighted by atomic mass is 10.2. The first kappa shape index (κ1) is 16.7. The fourth-order valence-electron chi connectivity index (χ4n) is 2.19. The van der Waals surface area contributed by atoms with Crippen LogP contribution in [0.5, 0.6) is 5.75 Å². The third-order valence-corrected chi connectivity index (χ3v) is 3.92. The van der Waals surface area contributed by atoms with Gasteiger partial charge in [0.1, 0.15) is 12.4 Å². The third-order valence-electron chi connectivity index (χ3n) is 3.42. The number of halogens is 1. The van der Waals surface area contributed by atoms with Gasteiger partial charge < -0.3 is 14.2 Å². The number of rotatable bonds is 6. The summed E-state index contributed by atoms with van der Waals surface area (Å²) in [5.41, 5.74) is 1.69. The number of hydrogen-bond donors (Lipinski definition) is 0. The van der Waals surface area contributed by atoms with E-state index in [1.54, 1.807) is 0 Å². The molecule has 0 amide bonds. The predicted molar refractivity (Wildman–Crippen MR) is 96.9 cm³/mol. The third kappa shape index (κ3) is 4.01. The number of nitrogens with zero attached hydrogens (tertiary/aromatic N) is 3. The Labute approximate surface area is 149 Å². The molecule has 0 spiro atoms. The number of aromatic nitrogens is 2. The summed E-state index contributed by atoms with van der Waals surface area (Å²) in [5, 5.41) is 4.08. The van der Waals surface area contributed by atoms with Gasteiger partial charge in [0.15, 0.2) is 0 Å². The molecule has 3 aromatic rings. The van der Waals surface area contributed by atoms with Gasteiger partial charge in [-0.2, -0.15) is 4.98 Å². The van der Waals surface area contributed by atoms with Crippen LogP contribution in [-0.4, -0.2) is 42.3 Å². The van der Waals surface area contributed by atoms with E-state index in [2.05, 4.69) is 31.0 Å². The Hall–Kier alpha value is -2.18. The summed E-state index contributed by atoms with van der Waals surface area (Å²) in [6, 6.07) is 15.5. The maximum absolute atomic E-state index is 5.86. The van der Waals surface area contributed by atoms with Gasteiger partial charge in [0.2, 0.25) is 5.82 Å². The van der Waals surface area contributed by atoms with Gasteiger partial charge in [-0.25, -0.2) is 0 Å². The molecule has 6 heteroatoms. The van der Waals surface area contributed by atoms with Crippen molar-refractivity contribution in [1.82, 2.24) is 15.0 Å². The molecular weight excluding hydrogens is 370 g/mol. The van der Waals surface area contributed by atoms with Crippen LogP contribution in [0, 0.1) is 0 Å². The van der Waals surface area contributed by atoms with Crippen molar-refractivity contribution in [2.45, 2.75) is 0 Å². The molecule has 1 heterocycles. The fraction of sp³-hybridized carbons (Fsp3) is 0.222. The first-order valence-electron chi connectivity index (χ1n) is 7.60. The van der Waals surface area contributed by atoms with Crippen molar-refractivity contribution in [2.24, 2.45) is 0 Å². The summed E-state index contributed by atoms with van der Waals surface area (Å²) in [7, 11) is 4.02. The smallest absolute Gasteiger partial charge is 0.262 e. The van der Waals surface area contributed by atoms with Crippen molar-refractivity contribution < 1.29 is 9.26 Å². The lowest BCUT2D eigenvalue weighted by Gasteiger charge is -2.12. The molecule has 0 N–H and O–H groups in total. The molecule has 0 aliphatic heterocycles. The molecule has 0 aliphatic rings. The average Bonchev–Trinajstić information content (AvgIpc) is 3.05. The monoisotopic (exact) mass is 387 g/mol. The topological polar surface area (TPSA) is 51.4 Å². The number of hydrogen-bond acceptors (Lipinski definition) is 5. The van der Waals surface area contributed by atoms with Crippen LogP contribution in [0.2, 0.25) is 0 Å². The van der Waals surface area contributed by atoms with Crippen molar-refractivity contribution in [3.8, 4) is 28.6 Å². The highest BCUT2D eigenvalue weighted by Crippen LogP contribution is 2.30. The summed E-state index contributed by atoms with van der Waals surface area (Å²) in [4.78, 5) is 6.58. The molecule has 1 aromatic heterocycles. The normalized spacial score (nSPS) is 11.0. The molecule has 0 unspecified atom stereocenters. The second-order valence-corrected chi connectivity index (χ2v) is 6.50. The Morgan fingerprint density at radius 1 is 1.12 bits per heavy atom. The van der Waals surface area contributed by atoms with Crippen LogP contribution in [0.15, 0.2) is 57.5 Å². The Bertz CT molecular complexity index is 817. The van der Waals surface area contributed by atoms with Gasteiger partial charge in [-0.1, -0.05) is 45.4 Å². The molecule has 2 aromatic carbocycles. The molecule has 24 heavy (non-hydrogen) atoms. The molecule has 3 rings (SSSR count). The highest BCUT2D eigenvalue weighted by Gasteiger charge is 2.15. The Morgan fingerprint density at radius 2 is 1.96 bits per heavy atom. The van der Waals surface area contributed by atoms with E-state index < -0.39 is 0 Å². The predicted octanol–water partition coefficient (Wildman–Crippen LogP) is 4.11. The summed E-state index contributed by atoms with van der Waals surface area (Å²) < 4.78 is 12.3. The second-order valence-electron chi connectivity index (χ2n) is 5.58. The zero-order chi connectivity index (χ0) is 16.9. The molecule has 0 saturated heterocycles. The molecule has 5 nitrogen and oxygen atoms in total. The van der Waals surface area contributed by atoms with E-state index in [-0.39, 0.29) is 0 Å². The summed E-state index contributed by atoms with van der Waals surface area (Å²) in [5.74, 6) is 1.74. The van der Waals surface area contributed by atoms with E-state index in [1.165, 1.54) is 0 Å². The van der Waals surface area contributed by atoms with Crippen LogP contribution in [0.25, 0.3) is 22.8 Å². The number of para-hydroxylation sites is 1. The van der Waals surface area contributed by atoms with E-state index >= 15 is 0 Å². The van der Waals surface area contributed by atoms with Crippen LogP contribution < -0.4 is 4.74 Å². The Balaban J connectivity index is 1.85. The van der Waals surface area contributed by atoms with Crippen molar-refractivity contribution in [3.63, 3.8) is 0 Å². The Morgan fingerprint density at radius 3 is 2.75 bits per heavy atom. The van der Waals surface area contributed by atoms with Gasteiger partial charge in [0.25, 0.3) is 5.89 Å². The number of benzene rings is 2. The summed E-state index contributed by atoms with van der Waals surface area (Å²) >= 11 is 3.45. The minimum absolute atomic E-state index is 0.449. The lowest BCUT2D eigenvalue weighted by molar-refractivity contribution is 0.261. The first-order chi connectivity index (χ1) is 11.6. The summed E-state index contributed by atoms with van der Waals surface area (Å²) in [6.07, 6.45) is 0. The minimum atomic E-state index is 0.449. The van der Waals surface area contributed by atoms with Crippen molar-refractivity contribution in [3.05, 3.63) is 53.0 Å². The molecule has 124 valence electrons. The van der Waals surface area contributed by atoms with E-state index in [0.717, 1.165) is 27.9 Å². The maximum atomic E-state index is 5.86. The quantitative estimate of drug-likeness (QED) is 0.636. The largest absolute Gasteiger partial charge is 0.491 e. The molecular formula is C18H18BrN3O2. The van der Waals surface area contributed by atoms with Gasteiger partial charge in [0.05, 0.1) is 5.56 Å². The van der Waals surface area contributed by atoms with E-state index in [9.17, 15) is 0 Å². The van der Waals surface area contributed by atoms with Gasteiger partial charge in [-0.15, -0.1) is 0 Å². The van der Waals surface area contributed by atoms with Crippen molar-refractivity contribution >= 4 is 15.9 Å². The zero-order valence-electron chi connectivity index (χ0n) is 13.6. The van der Waals surface area contributed by atoms with Crippen LogP contribution in [0.1, 0.15) is 0 Å². The molecule has 0 bridgehead atoms. The van der Waals surface area contributed by atoms with Crippen molar-refractivity contribution in [1.29, 1.82) is 0 Å². The maximum Gasteiger partial charge on any atom is 0.262 e. The zero-order valence-corrected chi connectivity index (χ0v) is 15.2. The Kier molecular flexibility index (Phi) is 5.27. The molecule has 0 atom stereocenters. The van der Waals surface area contributed by atoms with E-state index in [1.807, 2.05) is 62.6 Å². The van der Waals surface area contributed by atoms with Gasteiger partial charge in [0, 0.05) is 16.6 Å². The average molecular weight is 388 g/mol. The van der Waals surface area contributed by atoms with Crippen LogP contribution >= 0.6 is 15.9 Å². The lowest BCUT2D eigenvalue weighted by Crippen LogP contribution is -2.19. The van der Waals surface area contributed by atoms with Crippen LogP contribution in [0.3, 0.4) is 0 Å². The second kappa shape index (κ2) is 7.59. The molecule has 0 saturated carbocycles. The van der Waals surface area contributed by atoms with Gasteiger partial charge in [-0.05, 0) is 38.4 Å². The highest BCUT2D eigenvalue weighted by molar-refractivity contribution is 9.10. The first-order valence-corrected chi connectivity index (χ1v) is 8.39. The van der Waals surface area contributed by atoms with E-state index in [4.69, 9.17) is 9.26 Å². The van der Waals surface area contributed by atoms with Crippen molar-refractivity contribution in [2.75, 3.05) is 27.2 Å². The fourth-order valence-corrected chi connectivity index (χ4v) is 2.58. The van der Waals surface area contributed by atoms with Crippen LogP contribution in [0.4, 0.5) is 0 Å². The summed E-state index contributed by atoms with van der Waals surface area (Å²) in [6.45, 7) is 1.43. The number of ether oxygens (including phenoxy) is 1. The standard InChI is InChI=1S/C18H18BrN3O2/c1-22(2)10-11-23-16-9-4-3-8-15(16)18-20-17(21-24-18)13-6-5-7-14(19)12-13/h3-9,12H,10-11H2,1-2H3. The molecule has 0 fully saturated rings.